The number of anilines is 1. The first-order valence-corrected chi connectivity index (χ1v) is 6.12. The van der Waals surface area contributed by atoms with Crippen molar-refractivity contribution in [1.29, 1.82) is 0 Å². The van der Waals surface area contributed by atoms with Crippen molar-refractivity contribution in [2.24, 2.45) is 0 Å². The number of alkyl halides is 2. The number of hydrogen-bond acceptors (Lipinski definition) is 3. The van der Waals surface area contributed by atoms with E-state index in [1.807, 2.05) is 0 Å². The standard InChI is InChI=1S/C12H15ClF2N2O/c1-17-5-4-9(7-17)16-8-2-3-11(10(13)6-8)18-12(14)15/h2-3,6,9,12,16H,4-5,7H2,1H3. The van der Waals surface area contributed by atoms with Crippen LogP contribution in [0.5, 0.6) is 5.75 Å². The van der Waals surface area contributed by atoms with Crippen molar-refractivity contribution < 1.29 is 13.5 Å². The Morgan fingerprint density at radius 3 is 2.83 bits per heavy atom. The Kier molecular flexibility index (Phi) is 4.24. The third kappa shape index (κ3) is 3.46. The van der Waals surface area contributed by atoms with Crippen LogP contribution in [0, 0.1) is 0 Å². The van der Waals surface area contributed by atoms with Crippen LogP contribution in [0.4, 0.5) is 14.5 Å². The molecule has 1 heterocycles. The van der Waals surface area contributed by atoms with Crippen LogP contribution < -0.4 is 10.1 Å². The van der Waals surface area contributed by atoms with Gasteiger partial charge < -0.3 is 15.0 Å². The van der Waals surface area contributed by atoms with E-state index in [0.29, 0.717) is 6.04 Å². The number of rotatable bonds is 4. The molecule has 1 aliphatic heterocycles. The zero-order chi connectivity index (χ0) is 13.1. The molecule has 0 saturated carbocycles. The Morgan fingerprint density at radius 1 is 1.50 bits per heavy atom. The fourth-order valence-corrected chi connectivity index (χ4v) is 2.30. The molecule has 0 bridgehead atoms. The first-order chi connectivity index (χ1) is 8.54. The number of nitrogens with one attached hydrogen (secondary N) is 1. The molecule has 0 amide bonds. The number of likely N-dealkylation sites (N-methyl/N-ethyl adjacent to an activating group) is 1. The van der Waals surface area contributed by atoms with Crippen LogP contribution in [-0.4, -0.2) is 37.7 Å². The van der Waals surface area contributed by atoms with Crippen LogP contribution in [0.15, 0.2) is 18.2 Å². The molecule has 0 aliphatic carbocycles. The van der Waals surface area contributed by atoms with E-state index in [1.165, 1.54) is 6.07 Å². The van der Waals surface area contributed by atoms with E-state index in [9.17, 15) is 8.78 Å². The highest BCUT2D eigenvalue weighted by Crippen LogP contribution is 2.29. The molecule has 100 valence electrons. The predicted molar refractivity (Wildman–Crippen MR) is 67.6 cm³/mol. The average Bonchev–Trinajstić information content (AvgIpc) is 2.68. The van der Waals surface area contributed by atoms with Crippen LogP contribution in [0.2, 0.25) is 5.02 Å². The molecule has 0 radical (unpaired) electrons. The molecule has 1 unspecified atom stereocenters. The molecule has 1 N–H and O–H groups in total. The Labute approximate surface area is 110 Å². The van der Waals surface area contributed by atoms with Gasteiger partial charge in [-0.15, -0.1) is 0 Å². The topological polar surface area (TPSA) is 24.5 Å². The second kappa shape index (κ2) is 5.71. The minimum atomic E-state index is -2.86. The number of hydrogen-bond donors (Lipinski definition) is 1. The van der Waals surface area contributed by atoms with Gasteiger partial charge in [0.25, 0.3) is 0 Å². The average molecular weight is 277 g/mol. The lowest BCUT2D eigenvalue weighted by molar-refractivity contribution is -0.0497. The number of ether oxygens (including phenoxy) is 1. The summed E-state index contributed by atoms with van der Waals surface area (Å²) >= 11 is 5.88. The normalized spacial score (nSPS) is 20.4. The predicted octanol–water partition coefficient (Wildman–Crippen LogP) is 3.06. The molecule has 1 aliphatic rings. The minimum absolute atomic E-state index is 0.000701. The van der Waals surface area contributed by atoms with Gasteiger partial charge in [-0.3, -0.25) is 0 Å². The Bertz CT molecular complexity index is 417. The number of benzene rings is 1. The van der Waals surface area contributed by atoms with Gasteiger partial charge in [0.2, 0.25) is 0 Å². The maximum atomic E-state index is 12.1. The maximum absolute atomic E-state index is 12.1. The summed E-state index contributed by atoms with van der Waals surface area (Å²) in [6.45, 7) is -0.838. The van der Waals surface area contributed by atoms with Crippen molar-refractivity contribution >= 4 is 17.3 Å². The van der Waals surface area contributed by atoms with E-state index in [4.69, 9.17) is 11.6 Å². The highest BCUT2D eigenvalue weighted by Gasteiger charge is 2.19. The lowest BCUT2D eigenvalue weighted by atomic mass is 10.2. The van der Waals surface area contributed by atoms with Crippen LogP contribution in [0.3, 0.4) is 0 Å². The first-order valence-electron chi connectivity index (χ1n) is 5.74. The van der Waals surface area contributed by atoms with Crippen molar-refractivity contribution in [3.63, 3.8) is 0 Å². The third-order valence-electron chi connectivity index (χ3n) is 2.91. The molecule has 0 aromatic heterocycles. The smallest absolute Gasteiger partial charge is 0.387 e. The Hall–Kier alpha value is -1.07. The minimum Gasteiger partial charge on any atom is -0.433 e. The van der Waals surface area contributed by atoms with Crippen LogP contribution in [0.1, 0.15) is 6.42 Å². The van der Waals surface area contributed by atoms with Gasteiger partial charge in [0.15, 0.2) is 0 Å². The van der Waals surface area contributed by atoms with Crippen molar-refractivity contribution in [3.8, 4) is 5.75 Å². The molecule has 6 heteroatoms. The summed E-state index contributed by atoms with van der Waals surface area (Å²) in [5.74, 6) is 0.000701. The summed E-state index contributed by atoms with van der Waals surface area (Å²) < 4.78 is 28.4. The van der Waals surface area contributed by atoms with Gasteiger partial charge in [0, 0.05) is 18.3 Å². The van der Waals surface area contributed by atoms with Gasteiger partial charge in [-0.05, 0) is 38.2 Å². The van der Waals surface area contributed by atoms with Gasteiger partial charge in [-0.25, -0.2) is 0 Å². The van der Waals surface area contributed by atoms with E-state index >= 15 is 0 Å². The number of nitrogens with zero attached hydrogens (tertiary/aromatic N) is 1. The van der Waals surface area contributed by atoms with E-state index in [1.54, 1.807) is 12.1 Å². The van der Waals surface area contributed by atoms with Gasteiger partial charge >= 0.3 is 6.61 Å². The fourth-order valence-electron chi connectivity index (χ4n) is 2.07. The summed E-state index contributed by atoms with van der Waals surface area (Å²) in [4.78, 5) is 2.23. The van der Waals surface area contributed by atoms with Gasteiger partial charge in [0.1, 0.15) is 5.75 Å². The zero-order valence-corrected chi connectivity index (χ0v) is 10.8. The van der Waals surface area contributed by atoms with Crippen molar-refractivity contribution in [3.05, 3.63) is 23.2 Å². The second-order valence-electron chi connectivity index (χ2n) is 4.42. The summed E-state index contributed by atoms with van der Waals surface area (Å²) in [5.41, 5.74) is 0.821. The first kappa shape index (κ1) is 13.4. The molecule has 1 fully saturated rings. The van der Waals surface area contributed by atoms with E-state index in [2.05, 4.69) is 22.0 Å². The fraction of sp³-hybridized carbons (Fsp3) is 0.500. The molecular weight excluding hydrogens is 262 g/mol. The van der Waals surface area contributed by atoms with Crippen molar-refractivity contribution in [2.75, 3.05) is 25.5 Å². The molecule has 18 heavy (non-hydrogen) atoms. The Morgan fingerprint density at radius 2 is 2.28 bits per heavy atom. The van der Waals surface area contributed by atoms with Gasteiger partial charge in [-0.2, -0.15) is 8.78 Å². The van der Waals surface area contributed by atoms with Crippen molar-refractivity contribution in [1.82, 2.24) is 4.90 Å². The summed E-state index contributed by atoms with van der Waals surface area (Å²) in [6.07, 6.45) is 1.06. The summed E-state index contributed by atoms with van der Waals surface area (Å²) in [6, 6.07) is 5.13. The Balaban J connectivity index is 2.00. The molecule has 0 spiro atoms. The van der Waals surface area contributed by atoms with Crippen LogP contribution in [0.25, 0.3) is 0 Å². The molecule has 1 saturated heterocycles. The van der Waals surface area contributed by atoms with E-state index in [-0.39, 0.29) is 10.8 Å². The van der Waals surface area contributed by atoms with E-state index in [0.717, 1.165) is 25.2 Å². The lowest BCUT2D eigenvalue weighted by Crippen LogP contribution is -2.23. The lowest BCUT2D eigenvalue weighted by Gasteiger charge is -2.15. The SMILES string of the molecule is CN1CCC(Nc2ccc(OC(F)F)c(Cl)c2)C1. The largest absolute Gasteiger partial charge is 0.433 e. The quantitative estimate of drug-likeness (QED) is 0.915. The highest BCUT2D eigenvalue weighted by atomic mass is 35.5. The molecule has 1 aromatic rings. The second-order valence-corrected chi connectivity index (χ2v) is 4.82. The summed E-state index contributed by atoms with van der Waals surface area (Å²) in [5, 5.41) is 3.51. The summed E-state index contributed by atoms with van der Waals surface area (Å²) in [7, 11) is 2.06. The molecule has 1 aromatic carbocycles. The van der Waals surface area contributed by atoms with Gasteiger partial charge in [-0.1, -0.05) is 11.6 Å². The molecular formula is C12H15ClF2N2O. The highest BCUT2D eigenvalue weighted by molar-refractivity contribution is 6.32. The van der Waals surface area contributed by atoms with Crippen LogP contribution in [-0.2, 0) is 0 Å². The monoisotopic (exact) mass is 276 g/mol. The van der Waals surface area contributed by atoms with Gasteiger partial charge in [0.05, 0.1) is 5.02 Å². The third-order valence-corrected chi connectivity index (χ3v) is 3.21. The molecule has 1 atom stereocenters. The zero-order valence-electron chi connectivity index (χ0n) is 10.00. The maximum Gasteiger partial charge on any atom is 0.387 e. The van der Waals surface area contributed by atoms with Crippen molar-refractivity contribution in [2.45, 2.75) is 19.1 Å². The molecule has 3 nitrogen and oxygen atoms in total. The van der Waals surface area contributed by atoms with E-state index < -0.39 is 6.61 Å². The number of likely N-dealkylation sites (tertiary alicyclic amines) is 1. The van der Waals surface area contributed by atoms with Crippen LogP contribution >= 0.6 is 11.6 Å². The molecule has 2 rings (SSSR count). The number of halogens is 3.